The molecule has 0 aromatic heterocycles. The summed E-state index contributed by atoms with van der Waals surface area (Å²) in [6.45, 7) is 0.478. The van der Waals surface area contributed by atoms with Crippen molar-refractivity contribution in [3.8, 4) is 29.2 Å². The van der Waals surface area contributed by atoms with Gasteiger partial charge in [-0.3, -0.25) is 0 Å². The Balaban J connectivity index is 1.97. The number of terminal acetylenes is 1. The third-order valence-corrected chi connectivity index (χ3v) is 3.88. The minimum atomic E-state index is 0.478. The van der Waals surface area contributed by atoms with Crippen LogP contribution in [0.5, 0.6) is 5.75 Å². The van der Waals surface area contributed by atoms with E-state index in [0.717, 1.165) is 28.0 Å². The molecule has 0 unspecified atom stereocenters. The highest BCUT2D eigenvalue weighted by molar-refractivity contribution is 6.33. The van der Waals surface area contributed by atoms with E-state index in [1.807, 2.05) is 72.8 Å². The van der Waals surface area contributed by atoms with E-state index in [0.29, 0.717) is 11.6 Å². The second-order valence-corrected chi connectivity index (χ2v) is 5.52. The van der Waals surface area contributed by atoms with E-state index in [1.54, 1.807) is 0 Å². The number of ether oxygens (including phenoxy) is 1. The summed E-state index contributed by atoms with van der Waals surface area (Å²) >= 11 is 6.33. The summed E-state index contributed by atoms with van der Waals surface area (Å²) in [5.41, 5.74) is 3.75. The highest BCUT2D eigenvalue weighted by Crippen LogP contribution is 2.35. The fraction of sp³-hybridized carbons (Fsp3) is 0.0476. The molecule has 23 heavy (non-hydrogen) atoms. The minimum absolute atomic E-state index is 0.478. The van der Waals surface area contributed by atoms with Crippen molar-refractivity contribution in [2.24, 2.45) is 0 Å². The summed E-state index contributed by atoms with van der Waals surface area (Å²) in [5.74, 6) is 3.38. The Morgan fingerprint density at radius 1 is 0.870 bits per heavy atom. The van der Waals surface area contributed by atoms with E-state index in [4.69, 9.17) is 22.8 Å². The van der Waals surface area contributed by atoms with Gasteiger partial charge >= 0.3 is 0 Å². The van der Waals surface area contributed by atoms with Gasteiger partial charge in [-0.05, 0) is 29.8 Å². The summed E-state index contributed by atoms with van der Waals surface area (Å²) in [5, 5.41) is 0.686. The zero-order chi connectivity index (χ0) is 16.1. The van der Waals surface area contributed by atoms with Crippen molar-refractivity contribution in [1.29, 1.82) is 0 Å². The molecule has 0 N–H and O–H groups in total. The van der Waals surface area contributed by atoms with Gasteiger partial charge in [0, 0.05) is 21.7 Å². The first-order chi connectivity index (χ1) is 11.3. The largest absolute Gasteiger partial charge is 0.488 e. The van der Waals surface area contributed by atoms with Gasteiger partial charge in [0.05, 0.1) is 0 Å². The molecule has 0 aliphatic heterocycles. The Morgan fingerprint density at radius 3 is 2.35 bits per heavy atom. The average Bonchev–Trinajstić information content (AvgIpc) is 2.61. The Bertz CT molecular complexity index is 847. The van der Waals surface area contributed by atoms with E-state index in [-0.39, 0.29) is 0 Å². The van der Waals surface area contributed by atoms with Crippen molar-refractivity contribution in [1.82, 2.24) is 0 Å². The van der Waals surface area contributed by atoms with Crippen molar-refractivity contribution >= 4 is 11.6 Å². The van der Waals surface area contributed by atoms with Crippen LogP contribution < -0.4 is 4.74 Å². The molecule has 112 valence electrons. The van der Waals surface area contributed by atoms with Crippen LogP contribution in [0.25, 0.3) is 11.1 Å². The fourth-order valence-electron chi connectivity index (χ4n) is 2.37. The van der Waals surface area contributed by atoms with Crippen LogP contribution in [0.15, 0.2) is 72.8 Å². The molecule has 0 amide bonds. The first-order valence-corrected chi connectivity index (χ1v) is 7.68. The molecular formula is C21H15ClO. The normalized spacial score (nSPS) is 10.1. The molecule has 0 aliphatic rings. The molecule has 0 atom stereocenters. The molecular weight excluding hydrogens is 304 g/mol. The lowest BCUT2D eigenvalue weighted by molar-refractivity contribution is 0.307. The molecule has 3 aromatic rings. The zero-order valence-corrected chi connectivity index (χ0v) is 13.3. The maximum absolute atomic E-state index is 6.33. The van der Waals surface area contributed by atoms with Gasteiger partial charge in [0.15, 0.2) is 0 Å². The van der Waals surface area contributed by atoms with Gasteiger partial charge in [-0.15, -0.1) is 6.42 Å². The Morgan fingerprint density at radius 2 is 1.61 bits per heavy atom. The first kappa shape index (κ1) is 15.2. The average molecular weight is 319 g/mol. The van der Waals surface area contributed by atoms with Gasteiger partial charge < -0.3 is 4.74 Å². The molecule has 0 aliphatic carbocycles. The lowest BCUT2D eigenvalue weighted by Crippen LogP contribution is -1.97. The second-order valence-electron chi connectivity index (χ2n) is 5.11. The van der Waals surface area contributed by atoms with Gasteiger partial charge in [-0.1, -0.05) is 66.1 Å². The summed E-state index contributed by atoms with van der Waals surface area (Å²) in [4.78, 5) is 0. The van der Waals surface area contributed by atoms with Crippen molar-refractivity contribution in [2.75, 3.05) is 0 Å². The van der Waals surface area contributed by atoms with Crippen LogP contribution in [-0.2, 0) is 6.61 Å². The summed E-state index contributed by atoms with van der Waals surface area (Å²) < 4.78 is 6.02. The van der Waals surface area contributed by atoms with Gasteiger partial charge in [-0.2, -0.15) is 0 Å². The fourth-order valence-corrected chi connectivity index (χ4v) is 2.61. The van der Waals surface area contributed by atoms with E-state index < -0.39 is 0 Å². The van der Waals surface area contributed by atoms with Crippen LogP contribution in [-0.4, -0.2) is 0 Å². The van der Waals surface area contributed by atoms with Crippen LogP contribution in [0.4, 0.5) is 0 Å². The lowest BCUT2D eigenvalue weighted by Gasteiger charge is -2.13. The van der Waals surface area contributed by atoms with Crippen molar-refractivity contribution in [3.05, 3.63) is 88.9 Å². The summed E-state index contributed by atoms with van der Waals surface area (Å²) in [7, 11) is 0. The van der Waals surface area contributed by atoms with Crippen LogP contribution in [0.3, 0.4) is 0 Å². The highest BCUT2D eigenvalue weighted by Gasteiger charge is 2.10. The number of hydrogen-bond acceptors (Lipinski definition) is 1. The molecule has 3 aromatic carbocycles. The number of rotatable bonds is 4. The predicted octanol–water partition coefficient (Wildman–Crippen LogP) is 5.57. The molecule has 0 fully saturated rings. The molecule has 0 saturated heterocycles. The van der Waals surface area contributed by atoms with Crippen LogP contribution >= 0.6 is 11.6 Å². The van der Waals surface area contributed by atoms with Crippen LogP contribution in [0, 0.1) is 12.3 Å². The molecule has 1 nitrogen and oxygen atoms in total. The lowest BCUT2D eigenvalue weighted by atomic mass is 10.0. The quantitative estimate of drug-likeness (QED) is 0.572. The molecule has 0 heterocycles. The maximum Gasteiger partial charge on any atom is 0.128 e. The van der Waals surface area contributed by atoms with Gasteiger partial charge in [-0.25, -0.2) is 0 Å². The molecule has 3 rings (SSSR count). The van der Waals surface area contributed by atoms with Gasteiger partial charge in [0.25, 0.3) is 0 Å². The van der Waals surface area contributed by atoms with Crippen LogP contribution in [0.1, 0.15) is 11.1 Å². The number of halogens is 1. The Kier molecular flexibility index (Phi) is 4.66. The smallest absolute Gasteiger partial charge is 0.128 e. The molecule has 0 radical (unpaired) electrons. The van der Waals surface area contributed by atoms with Crippen molar-refractivity contribution in [3.63, 3.8) is 0 Å². The third kappa shape index (κ3) is 3.56. The van der Waals surface area contributed by atoms with Crippen molar-refractivity contribution in [2.45, 2.75) is 6.61 Å². The second kappa shape index (κ2) is 7.05. The molecule has 0 bridgehead atoms. The highest BCUT2D eigenvalue weighted by atomic mass is 35.5. The Labute approximate surface area is 141 Å². The van der Waals surface area contributed by atoms with E-state index >= 15 is 0 Å². The van der Waals surface area contributed by atoms with Gasteiger partial charge in [0.1, 0.15) is 12.4 Å². The van der Waals surface area contributed by atoms with E-state index in [2.05, 4.69) is 5.92 Å². The number of benzene rings is 3. The molecule has 0 spiro atoms. The molecule has 0 saturated carbocycles. The summed E-state index contributed by atoms with van der Waals surface area (Å²) in [6.07, 6.45) is 5.51. The first-order valence-electron chi connectivity index (χ1n) is 7.30. The van der Waals surface area contributed by atoms with Crippen molar-refractivity contribution < 1.29 is 4.74 Å². The number of hydrogen-bond donors (Lipinski definition) is 0. The third-order valence-electron chi connectivity index (χ3n) is 3.55. The monoisotopic (exact) mass is 318 g/mol. The topological polar surface area (TPSA) is 9.23 Å². The summed E-state index contributed by atoms with van der Waals surface area (Å²) in [6, 6.07) is 23.5. The van der Waals surface area contributed by atoms with E-state index in [1.165, 1.54) is 0 Å². The Hall–Kier alpha value is -2.69. The van der Waals surface area contributed by atoms with Gasteiger partial charge in [0.2, 0.25) is 0 Å². The van der Waals surface area contributed by atoms with Crippen LogP contribution in [0.2, 0.25) is 5.02 Å². The minimum Gasteiger partial charge on any atom is -0.488 e. The maximum atomic E-state index is 6.33. The predicted molar refractivity (Wildman–Crippen MR) is 95.6 cm³/mol. The standard InChI is InChI=1S/C21H15ClO/c1-2-16-12-13-19(18-10-6-7-11-20(18)22)21(14-16)23-15-17-8-4-3-5-9-17/h1,3-14H,15H2. The SMILES string of the molecule is C#Cc1ccc(-c2ccccc2Cl)c(OCc2ccccc2)c1. The molecule has 2 heteroatoms. The van der Waals surface area contributed by atoms with E-state index in [9.17, 15) is 0 Å². The zero-order valence-electron chi connectivity index (χ0n) is 12.5.